The van der Waals surface area contributed by atoms with Crippen molar-refractivity contribution in [2.24, 2.45) is 11.8 Å². The molecule has 0 spiro atoms. The molecule has 0 aromatic heterocycles. The van der Waals surface area contributed by atoms with Crippen LogP contribution in [-0.4, -0.2) is 35.2 Å². The molecule has 2 bridgehead atoms. The maximum absolute atomic E-state index is 10.3. The molecular formula is C13H23NO. The SMILES string of the molecule is O[C@@H]1[C@@H]2CCC[C@H]1[C@@H](N1CCCC1)CC2. The van der Waals surface area contributed by atoms with Crippen molar-refractivity contribution in [2.75, 3.05) is 13.1 Å². The van der Waals surface area contributed by atoms with E-state index in [1.165, 1.54) is 58.0 Å². The van der Waals surface area contributed by atoms with Gasteiger partial charge in [0.25, 0.3) is 0 Å². The first-order chi connectivity index (χ1) is 7.36. The Morgan fingerprint density at radius 1 is 0.867 bits per heavy atom. The van der Waals surface area contributed by atoms with Crippen LogP contribution < -0.4 is 0 Å². The van der Waals surface area contributed by atoms with Crippen LogP contribution in [0.3, 0.4) is 0 Å². The summed E-state index contributed by atoms with van der Waals surface area (Å²) in [5, 5.41) is 10.3. The van der Waals surface area contributed by atoms with E-state index in [1.54, 1.807) is 0 Å². The quantitative estimate of drug-likeness (QED) is 0.714. The van der Waals surface area contributed by atoms with E-state index < -0.39 is 0 Å². The van der Waals surface area contributed by atoms with Crippen LogP contribution in [0.2, 0.25) is 0 Å². The van der Waals surface area contributed by atoms with Crippen molar-refractivity contribution in [1.29, 1.82) is 0 Å². The van der Waals surface area contributed by atoms with Gasteiger partial charge in [0, 0.05) is 12.0 Å². The zero-order valence-corrected chi connectivity index (χ0v) is 9.57. The molecule has 0 amide bonds. The molecule has 86 valence electrons. The molecule has 1 N–H and O–H groups in total. The fourth-order valence-corrected chi connectivity index (χ4v) is 4.17. The third-order valence-electron chi connectivity index (χ3n) is 4.97. The summed E-state index contributed by atoms with van der Waals surface area (Å²) in [6, 6.07) is 0.721. The molecule has 15 heavy (non-hydrogen) atoms. The van der Waals surface area contributed by atoms with Crippen molar-refractivity contribution in [3.63, 3.8) is 0 Å². The van der Waals surface area contributed by atoms with Gasteiger partial charge in [-0.2, -0.15) is 0 Å². The summed E-state index contributed by atoms with van der Waals surface area (Å²) < 4.78 is 0. The summed E-state index contributed by atoms with van der Waals surface area (Å²) in [5.41, 5.74) is 0. The van der Waals surface area contributed by atoms with E-state index in [1.807, 2.05) is 0 Å². The lowest BCUT2D eigenvalue weighted by molar-refractivity contribution is -0.0580. The molecule has 3 rings (SSSR count). The molecule has 2 heteroatoms. The summed E-state index contributed by atoms with van der Waals surface area (Å²) >= 11 is 0. The lowest BCUT2D eigenvalue weighted by atomic mass is 9.67. The van der Waals surface area contributed by atoms with Crippen LogP contribution in [0.5, 0.6) is 0 Å². The van der Waals surface area contributed by atoms with Gasteiger partial charge in [0.1, 0.15) is 0 Å². The summed E-state index contributed by atoms with van der Waals surface area (Å²) in [6.07, 6.45) is 9.33. The van der Waals surface area contributed by atoms with Crippen LogP contribution in [-0.2, 0) is 0 Å². The van der Waals surface area contributed by atoms with Crippen LogP contribution in [0.15, 0.2) is 0 Å². The molecule has 1 saturated heterocycles. The van der Waals surface area contributed by atoms with Crippen molar-refractivity contribution in [1.82, 2.24) is 4.90 Å². The van der Waals surface area contributed by atoms with E-state index in [0.717, 1.165) is 6.04 Å². The van der Waals surface area contributed by atoms with Crippen LogP contribution in [0.25, 0.3) is 0 Å². The van der Waals surface area contributed by atoms with Crippen molar-refractivity contribution >= 4 is 0 Å². The van der Waals surface area contributed by atoms with Crippen LogP contribution in [0.4, 0.5) is 0 Å². The predicted molar refractivity (Wildman–Crippen MR) is 60.7 cm³/mol. The number of nitrogens with zero attached hydrogens (tertiary/aromatic N) is 1. The minimum Gasteiger partial charge on any atom is -0.392 e. The first kappa shape index (κ1) is 10.1. The van der Waals surface area contributed by atoms with Crippen molar-refractivity contribution in [3.05, 3.63) is 0 Å². The number of fused-ring (bicyclic) bond motifs is 2. The van der Waals surface area contributed by atoms with E-state index in [-0.39, 0.29) is 6.10 Å². The van der Waals surface area contributed by atoms with Gasteiger partial charge in [-0.3, -0.25) is 0 Å². The molecule has 1 heterocycles. The molecule has 2 saturated carbocycles. The van der Waals surface area contributed by atoms with Gasteiger partial charge in [-0.25, -0.2) is 0 Å². The summed E-state index contributed by atoms with van der Waals surface area (Å²) in [4.78, 5) is 2.66. The zero-order valence-electron chi connectivity index (χ0n) is 9.57. The second-order valence-corrected chi connectivity index (χ2v) is 5.73. The number of rotatable bonds is 1. The highest BCUT2D eigenvalue weighted by molar-refractivity contribution is 4.96. The second-order valence-electron chi connectivity index (χ2n) is 5.73. The Morgan fingerprint density at radius 3 is 2.47 bits per heavy atom. The molecule has 1 aliphatic heterocycles. The third-order valence-corrected chi connectivity index (χ3v) is 4.97. The molecule has 4 atom stereocenters. The van der Waals surface area contributed by atoms with Crippen LogP contribution in [0.1, 0.15) is 44.9 Å². The van der Waals surface area contributed by atoms with Gasteiger partial charge >= 0.3 is 0 Å². The Labute approximate surface area is 92.7 Å². The van der Waals surface area contributed by atoms with Crippen molar-refractivity contribution in [3.8, 4) is 0 Å². The van der Waals surface area contributed by atoms with E-state index in [4.69, 9.17) is 0 Å². The molecule has 0 unspecified atom stereocenters. The van der Waals surface area contributed by atoms with E-state index in [9.17, 15) is 5.11 Å². The Morgan fingerprint density at radius 2 is 1.67 bits per heavy atom. The molecule has 2 aliphatic carbocycles. The number of hydrogen-bond acceptors (Lipinski definition) is 2. The van der Waals surface area contributed by atoms with Gasteiger partial charge in [0.2, 0.25) is 0 Å². The smallest absolute Gasteiger partial charge is 0.0611 e. The predicted octanol–water partition coefficient (Wildman–Crippen LogP) is 2.02. The highest BCUT2D eigenvalue weighted by Gasteiger charge is 2.43. The van der Waals surface area contributed by atoms with Crippen molar-refractivity contribution in [2.45, 2.75) is 57.1 Å². The van der Waals surface area contributed by atoms with E-state index in [2.05, 4.69) is 4.90 Å². The molecule has 0 aromatic rings. The van der Waals surface area contributed by atoms with Gasteiger partial charge in [0.15, 0.2) is 0 Å². The summed E-state index contributed by atoms with van der Waals surface area (Å²) in [5.74, 6) is 1.25. The highest BCUT2D eigenvalue weighted by Crippen LogP contribution is 2.42. The van der Waals surface area contributed by atoms with Crippen LogP contribution >= 0.6 is 0 Å². The first-order valence-electron chi connectivity index (χ1n) is 6.78. The monoisotopic (exact) mass is 209 g/mol. The average Bonchev–Trinajstić information content (AvgIpc) is 2.70. The number of likely N-dealkylation sites (tertiary alicyclic amines) is 1. The molecule has 0 radical (unpaired) electrons. The second kappa shape index (κ2) is 4.06. The summed E-state index contributed by atoms with van der Waals surface area (Å²) in [7, 11) is 0. The minimum absolute atomic E-state index is 0.0260. The Hall–Kier alpha value is -0.0800. The van der Waals surface area contributed by atoms with Gasteiger partial charge in [-0.1, -0.05) is 6.42 Å². The maximum Gasteiger partial charge on any atom is 0.0611 e. The highest BCUT2D eigenvalue weighted by atomic mass is 16.3. The number of aliphatic hydroxyl groups is 1. The minimum atomic E-state index is 0.0260. The fraction of sp³-hybridized carbons (Fsp3) is 1.00. The topological polar surface area (TPSA) is 23.5 Å². The van der Waals surface area contributed by atoms with Gasteiger partial charge < -0.3 is 10.0 Å². The molecule has 3 aliphatic rings. The molecular weight excluding hydrogens is 186 g/mol. The fourth-order valence-electron chi connectivity index (χ4n) is 4.17. The van der Waals surface area contributed by atoms with Gasteiger partial charge in [0.05, 0.1) is 6.10 Å². The first-order valence-corrected chi connectivity index (χ1v) is 6.78. The lowest BCUT2D eigenvalue weighted by Crippen LogP contribution is -2.51. The Kier molecular flexibility index (Phi) is 2.73. The van der Waals surface area contributed by atoms with Crippen LogP contribution in [0, 0.1) is 11.8 Å². The van der Waals surface area contributed by atoms with E-state index >= 15 is 0 Å². The standard InChI is InChI=1S/C13H23NO/c15-13-10-4-3-5-11(13)12(7-6-10)14-8-1-2-9-14/h10-13,15H,1-9H2/t10-,11+,12+,13-/m1/s1. The average molecular weight is 209 g/mol. The molecule has 0 aromatic carbocycles. The lowest BCUT2D eigenvalue weighted by Gasteiger charge is -2.47. The summed E-state index contributed by atoms with van der Waals surface area (Å²) in [6.45, 7) is 2.58. The normalized spacial score (nSPS) is 47.0. The third kappa shape index (κ3) is 1.72. The molecule has 2 nitrogen and oxygen atoms in total. The van der Waals surface area contributed by atoms with E-state index in [0.29, 0.717) is 11.8 Å². The Bertz CT molecular complexity index is 225. The van der Waals surface area contributed by atoms with Gasteiger partial charge in [-0.15, -0.1) is 0 Å². The number of aliphatic hydroxyl groups excluding tert-OH is 1. The van der Waals surface area contributed by atoms with Gasteiger partial charge in [-0.05, 0) is 57.5 Å². The Balaban J connectivity index is 1.73. The zero-order chi connectivity index (χ0) is 10.3. The maximum atomic E-state index is 10.3. The number of hydrogen-bond donors (Lipinski definition) is 1. The van der Waals surface area contributed by atoms with Crippen molar-refractivity contribution < 1.29 is 5.11 Å². The molecule has 3 fully saturated rings. The largest absolute Gasteiger partial charge is 0.392 e.